The lowest BCUT2D eigenvalue weighted by Crippen LogP contribution is -2.00. The zero-order valence-electron chi connectivity index (χ0n) is 6.76. The summed E-state index contributed by atoms with van der Waals surface area (Å²) in [5, 5.41) is 8.41. The Morgan fingerprint density at radius 3 is 2.77 bits per heavy atom. The molecule has 0 saturated heterocycles. The van der Waals surface area contributed by atoms with Crippen molar-refractivity contribution in [2.45, 2.75) is 0 Å². The highest BCUT2D eigenvalue weighted by molar-refractivity contribution is 5.35. The number of rotatable bonds is 3. The summed E-state index contributed by atoms with van der Waals surface area (Å²) in [6.07, 6.45) is 0. The molecule has 68 valence electrons. The fourth-order valence-electron chi connectivity index (χ4n) is 0.836. The van der Waals surface area contributed by atoms with E-state index in [2.05, 4.69) is 0 Å². The molecule has 0 fully saturated rings. The van der Waals surface area contributed by atoms with Crippen molar-refractivity contribution < 1.29 is 13.5 Å². The van der Waals surface area contributed by atoms with E-state index in [4.69, 9.17) is 10.00 Å². The predicted octanol–water partition coefficient (Wildman–Crippen LogP) is 2.05. The average Bonchev–Trinajstić information content (AvgIpc) is 2.16. The molecular weight excluding hydrogens is 176 g/mol. The quantitative estimate of drug-likeness (QED) is 0.718. The Balaban J connectivity index is 2.81. The SMILES string of the molecule is N#Cc1ccc(OCCF)c(F)c1. The molecule has 13 heavy (non-hydrogen) atoms. The second kappa shape index (κ2) is 4.41. The molecule has 1 aromatic rings. The Labute approximate surface area is 74.4 Å². The first-order chi connectivity index (χ1) is 6.27. The second-order valence-corrected chi connectivity index (χ2v) is 2.29. The van der Waals surface area contributed by atoms with Gasteiger partial charge in [0.2, 0.25) is 0 Å². The van der Waals surface area contributed by atoms with Gasteiger partial charge in [-0.25, -0.2) is 8.78 Å². The van der Waals surface area contributed by atoms with E-state index in [-0.39, 0.29) is 17.9 Å². The van der Waals surface area contributed by atoms with Crippen LogP contribution in [0.2, 0.25) is 0 Å². The van der Waals surface area contributed by atoms with Crippen LogP contribution in [0.25, 0.3) is 0 Å². The van der Waals surface area contributed by atoms with Gasteiger partial charge < -0.3 is 4.74 Å². The van der Waals surface area contributed by atoms with E-state index in [9.17, 15) is 8.78 Å². The van der Waals surface area contributed by atoms with Crippen LogP contribution in [0.1, 0.15) is 5.56 Å². The van der Waals surface area contributed by atoms with Gasteiger partial charge >= 0.3 is 0 Å². The lowest BCUT2D eigenvalue weighted by atomic mass is 10.2. The molecule has 2 nitrogen and oxygen atoms in total. The molecule has 0 radical (unpaired) electrons. The van der Waals surface area contributed by atoms with E-state index in [1.165, 1.54) is 12.1 Å². The number of alkyl halides is 1. The molecule has 1 rings (SSSR count). The summed E-state index contributed by atoms with van der Waals surface area (Å²) < 4.78 is 29.3. The summed E-state index contributed by atoms with van der Waals surface area (Å²) in [5.41, 5.74) is 0.213. The summed E-state index contributed by atoms with van der Waals surface area (Å²) in [6.45, 7) is -0.845. The molecule has 0 aromatic heterocycles. The van der Waals surface area contributed by atoms with Crippen molar-refractivity contribution in [3.63, 3.8) is 0 Å². The van der Waals surface area contributed by atoms with Crippen molar-refractivity contribution in [2.75, 3.05) is 13.3 Å². The third kappa shape index (κ3) is 2.41. The zero-order chi connectivity index (χ0) is 9.68. The standard InChI is InChI=1S/C9H7F2NO/c10-3-4-13-9-2-1-7(6-12)5-8(9)11/h1-2,5H,3-4H2. The number of nitrogens with zero attached hydrogens (tertiary/aromatic N) is 1. The molecule has 0 amide bonds. The van der Waals surface area contributed by atoms with Gasteiger partial charge in [0.1, 0.15) is 13.3 Å². The van der Waals surface area contributed by atoms with E-state index < -0.39 is 12.5 Å². The van der Waals surface area contributed by atoms with Crippen molar-refractivity contribution >= 4 is 0 Å². The first-order valence-electron chi connectivity index (χ1n) is 3.66. The highest BCUT2D eigenvalue weighted by atomic mass is 19.1. The van der Waals surface area contributed by atoms with Crippen molar-refractivity contribution in [1.82, 2.24) is 0 Å². The van der Waals surface area contributed by atoms with E-state index in [0.29, 0.717) is 0 Å². The van der Waals surface area contributed by atoms with Crippen molar-refractivity contribution in [3.05, 3.63) is 29.6 Å². The molecular formula is C9H7F2NO. The summed E-state index contributed by atoms with van der Waals surface area (Å²) in [6, 6.07) is 5.55. The van der Waals surface area contributed by atoms with E-state index >= 15 is 0 Å². The minimum atomic E-state index is -0.667. The average molecular weight is 183 g/mol. The van der Waals surface area contributed by atoms with Gasteiger partial charge in [0.05, 0.1) is 11.6 Å². The Bertz CT molecular complexity index is 333. The molecule has 0 unspecified atom stereocenters. The van der Waals surface area contributed by atoms with Crippen LogP contribution in [0.15, 0.2) is 18.2 Å². The number of benzene rings is 1. The Kier molecular flexibility index (Phi) is 3.21. The van der Waals surface area contributed by atoms with Gasteiger partial charge in [-0.2, -0.15) is 5.26 Å². The number of ether oxygens (including phenoxy) is 1. The molecule has 0 heterocycles. The normalized spacial score (nSPS) is 9.31. The monoisotopic (exact) mass is 183 g/mol. The van der Waals surface area contributed by atoms with Crippen molar-refractivity contribution in [2.24, 2.45) is 0 Å². The molecule has 0 bridgehead atoms. The molecule has 0 atom stereocenters. The summed E-state index contributed by atoms with van der Waals surface area (Å²) in [7, 11) is 0. The number of hydrogen-bond donors (Lipinski definition) is 0. The highest BCUT2D eigenvalue weighted by Crippen LogP contribution is 2.17. The van der Waals surface area contributed by atoms with Crippen molar-refractivity contribution in [1.29, 1.82) is 5.26 Å². The molecule has 0 aliphatic carbocycles. The highest BCUT2D eigenvalue weighted by Gasteiger charge is 2.03. The van der Waals surface area contributed by atoms with Gasteiger partial charge in [-0.3, -0.25) is 0 Å². The lowest BCUT2D eigenvalue weighted by Gasteiger charge is -2.03. The van der Waals surface area contributed by atoms with Gasteiger partial charge in [0.15, 0.2) is 11.6 Å². The topological polar surface area (TPSA) is 33.0 Å². The number of hydrogen-bond acceptors (Lipinski definition) is 2. The summed E-state index contributed by atoms with van der Waals surface area (Å²) in [5.74, 6) is -0.677. The van der Waals surface area contributed by atoms with Crippen LogP contribution in [0.4, 0.5) is 8.78 Å². The third-order valence-corrected chi connectivity index (χ3v) is 1.40. The van der Waals surface area contributed by atoms with Crippen LogP contribution in [0.5, 0.6) is 5.75 Å². The minimum absolute atomic E-state index is 0.0309. The van der Waals surface area contributed by atoms with Gasteiger partial charge in [-0.15, -0.1) is 0 Å². The molecule has 0 saturated carbocycles. The number of nitriles is 1. The largest absolute Gasteiger partial charge is 0.488 e. The summed E-state index contributed by atoms with van der Waals surface area (Å²) >= 11 is 0. The van der Waals surface area contributed by atoms with Gasteiger partial charge in [-0.1, -0.05) is 0 Å². The first kappa shape index (κ1) is 9.46. The van der Waals surface area contributed by atoms with Gasteiger partial charge in [-0.05, 0) is 18.2 Å². The predicted molar refractivity (Wildman–Crippen MR) is 42.6 cm³/mol. The molecule has 1 aromatic carbocycles. The Morgan fingerprint density at radius 2 is 2.23 bits per heavy atom. The molecule has 0 aliphatic heterocycles. The fraction of sp³-hybridized carbons (Fsp3) is 0.222. The van der Waals surface area contributed by atoms with Crippen LogP contribution in [0, 0.1) is 17.1 Å². The molecule has 4 heteroatoms. The van der Waals surface area contributed by atoms with Crippen LogP contribution in [0.3, 0.4) is 0 Å². The second-order valence-electron chi connectivity index (χ2n) is 2.29. The maximum absolute atomic E-state index is 13.0. The molecule has 0 spiro atoms. The maximum atomic E-state index is 13.0. The lowest BCUT2D eigenvalue weighted by molar-refractivity contribution is 0.262. The van der Waals surface area contributed by atoms with Gasteiger partial charge in [0, 0.05) is 0 Å². The summed E-state index contributed by atoms with van der Waals surface area (Å²) in [4.78, 5) is 0. The molecule has 0 N–H and O–H groups in total. The Hall–Kier alpha value is -1.63. The van der Waals surface area contributed by atoms with Gasteiger partial charge in [0.25, 0.3) is 0 Å². The van der Waals surface area contributed by atoms with E-state index in [1.807, 2.05) is 0 Å². The Morgan fingerprint density at radius 1 is 1.46 bits per heavy atom. The third-order valence-electron chi connectivity index (χ3n) is 1.40. The first-order valence-corrected chi connectivity index (χ1v) is 3.66. The minimum Gasteiger partial charge on any atom is -0.488 e. The van der Waals surface area contributed by atoms with Crippen LogP contribution in [-0.4, -0.2) is 13.3 Å². The van der Waals surface area contributed by atoms with Crippen LogP contribution >= 0.6 is 0 Å². The maximum Gasteiger partial charge on any atom is 0.166 e. The van der Waals surface area contributed by atoms with Crippen LogP contribution in [-0.2, 0) is 0 Å². The molecule has 0 aliphatic rings. The van der Waals surface area contributed by atoms with E-state index in [1.54, 1.807) is 6.07 Å². The van der Waals surface area contributed by atoms with Crippen LogP contribution < -0.4 is 4.74 Å². The van der Waals surface area contributed by atoms with E-state index in [0.717, 1.165) is 6.07 Å². The smallest absolute Gasteiger partial charge is 0.166 e. The van der Waals surface area contributed by atoms with Crippen molar-refractivity contribution in [3.8, 4) is 11.8 Å². The fourth-order valence-corrected chi connectivity index (χ4v) is 0.836. The zero-order valence-corrected chi connectivity index (χ0v) is 6.76. The number of halogens is 2.